The standard InChI is InChI=1S/C7H17F2N3/c8-12(9)7-2-1-5-11-6-3-4-10/h11H,1-7,10H2. The lowest BCUT2D eigenvalue weighted by molar-refractivity contribution is -0.153. The molecule has 3 N–H and O–H groups in total. The fourth-order valence-corrected chi connectivity index (χ4v) is 0.833. The van der Waals surface area contributed by atoms with E-state index < -0.39 is 5.34 Å². The van der Waals surface area contributed by atoms with Crippen LogP contribution in [0.3, 0.4) is 0 Å². The number of nitrogens with two attached hydrogens (primary N) is 1. The van der Waals surface area contributed by atoms with Gasteiger partial charge in [0.25, 0.3) is 0 Å². The first-order valence-corrected chi connectivity index (χ1v) is 4.27. The molecule has 0 fully saturated rings. The fraction of sp³-hybridized carbons (Fsp3) is 1.00. The van der Waals surface area contributed by atoms with Gasteiger partial charge in [0.05, 0.1) is 6.54 Å². The SMILES string of the molecule is NCCCNCCCCN(F)F. The van der Waals surface area contributed by atoms with Crippen molar-refractivity contribution < 1.29 is 8.96 Å². The lowest BCUT2D eigenvalue weighted by atomic mass is 10.3. The Labute approximate surface area is 71.8 Å². The number of unbranched alkanes of at least 4 members (excludes halogenated alkanes) is 1. The number of nitrogens with zero attached hydrogens (tertiary/aromatic N) is 1. The Bertz CT molecular complexity index is 90.7. The quantitative estimate of drug-likeness (QED) is 0.429. The zero-order chi connectivity index (χ0) is 9.23. The minimum atomic E-state index is -0.778. The van der Waals surface area contributed by atoms with E-state index in [2.05, 4.69) is 5.32 Å². The summed E-state index contributed by atoms with van der Waals surface area (Å²) in [5, 5.41) is 2.34. The van der Waals surface area contributed by atoms with Crippen LogP contribution in [0.4, 0.5) is 8.96 Å². The first-order chi connectivity index (χ1) is 5.77. The van der Waals surface area contributed by atoms with Gasteiger partial charge < -0.3 is 11.1 Å². The maximum Gasteiger partial charge on any atom is 0.0620 e. The van der Waals surface area contributed by atoms with Crippen LogP contribution in [-0.4, -0.2) is 31.5 Å². The molecule has 0 aromatic rings. The molecule has 0 saturated heterocycles. The number of hydrogen-bond acceptors (Lipinski definition) is 3. The van der Waals surface area contributed by atoms with E-state index in [0.29, 0.717) is 13.0 Å². The molecular weight excluding hydrogens is 164 g/mol. The van der Waals surface area contributed by atoms with Crippen molar-refractivity contribution in [3.63, 3.8) is 0 Å². The monoisotopic (exact) mass is 181 g/mol. The van der Waals surface area contributed by atoms with E-state index in [1.54, 1.807) is 0 Å². The van der Waals surface area contributed by atoms with Gasteiger partial charge in [0.1, 0.15) is 0 Å². The summed E-state index contributed by atoms with van der Waals surface area (Å²) < 4.78 is 22.9. The predicted molar refractivity (Wildman–Crippen MR) is 44.7 cm³/mol. The number of halogens is 2. The van der Waals surface area contributed by atoms with Crippen molar-refractivity contribution in [2.24, 2.45) is 5.73 Å². The van der Waals surface area contributed by atoms with Crippen molar-refractivity contribution in [1.82, 2.24) is 10.7 Å². The van der Waals surface area contributed by atoms with Crippen molar-refractivity contribution >= 4 is 0 Å². The smallest absolute Gasteiger partial charge is 0.0620 e. The van der Waals surface area contributed by atoms with Crippen molar-refractivity contribution in [3.05, 3.63) is 0 Å². The number of nitrogens with one attached hydrogen (secondary N) is 1. The van der Waals surface area contributed by atoms with Crippen LogP contribution in [0.15, 0.2) is 0 Å². The molecule has 0 amide bonds. The summed E-state index contributed by atoms with van der Waals surface area (Å²) in [4.78, 5) is 0. The highest BCUT2D eigenvalue weighted by Crippen LogP contribution is 1.94. The normalized spacial score (nSPS) is 11.0. The summed E-state index contributed by atoms with van der Waals surface area (Å²) in [5.41, 5.74) is 5.26. The first-order valence-electron chi connectivity index (χ1n) is 4.27. The van der Waals surface area contributed by atoms with Gasteiger partial charge in [-0.3, -0.25) is 0 Å². The predicted octanol–water partition coefficient (Wildman–Crippen LogP) is 0.776. The van der Waals surface area contributed by atoms with Crippen LogP contribution in [0.2, 0.25) is 0 Å². The second-order valence-electron chi connectivity index (χ2n) is 2.63. The van der Waals surface area contributed by atoms with Gasteiger partial charge >= 0.3 is 0 Å². The summed E-state index contributed by atoms with van der Waals surface area (Å²) in [6.45, 7) is 2.22. The average molecular weight is 181 g/mol. The van der Waals surface area contributed by atoms with Crippen molar-refractivity contribution in [1.29, 1.82) is 0 Å². The molecule has 0 aromatic carbocycles. The highest BCUT2D eigenvalue weighted by molar-refractivity contribution is 4.49. The number of rotatable bonds is 8. The number of hydrogen-bond donors (Lipinski definition) is 2. The molecule has 0 aromatic heterocycles. The minimum Gasteiger partial charge on any atom is -0.330 e. The van der Waals surface area contributed by atoms with Crippen molar-refractivity contribution in [2.45, 2.75) is 19.3 Å². The molecule has 0 aliphatic carbocycles. The largest absolute Gasteiger partial charge is 0.330 e. The third kappa shape index (κ3) is 9.74. The maximum absolute atomic E-state index is 11.5. The molecule has 0 atom stereocenters. The van der Waals surface area contributed by atoms with Gasteiger partial charge in [0.15, 0.2) is 0 Å². The fourth-order valence-electron chi connectivity index (χ4n) is 0.833. The molecule has 0 saturated carbocycles. The Morgan fingerprint density at radius 1 is 1.08 bits per heavy atom. The zero-order valence-electron chi connectivity index (χ0n) is 7.23. The summed E-state index contributed by atoms with van der Waals surface area (Å²) in [6.07, 6.45) is 2.26. The van der Waals surface area contributed by atoms with Gasteiger partial charge in [0.2, 0.25) is 0 Å². The van der Waals surface area contributed by atoms with E-state index in [4.69, 9.17) is 5.73 Å². The lowest BCUT2D eigenvalue weighted by Gasteiger charge is -2.03. The molecule has 0 spiro atoms. The second kappa shape index (κ2) is 8.83. The molecule has 0 aliphatic rings. The van der Waals surface area contributed by atoms with E-state index >= 15 is 0 Å². The van der Waals surface area contributed by atoms with Crippen LogP contribution in [0.1, 0.15) is 19.3 Å². The molecule has 12 heavy (non-hydrogen) atoms. The van der Waals surface area contributed by atoms with Crippen molar-refractivity contribution in [3.8, 4) is 0 Å². The molecule has 5 heteroatoms. The molecular formula is C7H17F2N3. The van der Waals surface area contributed by atoms with Crippen molar-refractivity contribution in [2.75, 3.05) is 26.2 Å². The highest BCUT2D eigenvalue weighted by atomic mass is 19.4. The Morgan fingerprint density at radius 2 is 1.75 bits per heavy atom. The van der Waals surface area contributed by atoms with E-state index in [-0.39, 0.29) is 6.54 Å². The van der Waals surface area contributed by atoms with Crippen LogP contribution in [-0.2, 0) is 0 Å². The average Bonchev–Trinajstić information content (AvgIpc) is 2.02. The van der Waals surface area contributed by atoms with Gasteiger partial charge in [-0.2, -0.15) is 0 Å². The first kappa shape index (κ1) is 11.7. The molecule has 0 radical (unpaired) electrons. The summed E-state index contributed by atoms with van der Waals surface area (Å²) in [7, 11) is 0. The van der Waals surface area contributed by atoms with E-state index in [9.17, 15) is 8.96 Å². The Balaban J connectivity index is 2.82. The molecule has 0 bridgehead atoms. The van der Waals surface area contributed by atoms with Gasteiger partial charge in [-0.25, -0.2) is 0 Å². The molecule has 0 aliphatic heterocycles. The third-order valence-electron chi connectivity index (χ3n) is 1.49. The molecule has 0 unspecified atom stereocenters. The van der Waals surface area contributed by atoms with Crippen LogP contribution in [0, 0.1) is 0 Å². The molecule has 0 rings (SSSR count). The summed E-state index contributed by atoms with van der Waals surface area (Å²) >= 11 is 0. The topological polar surface area (TPSA) is 41.3 Å². The van der Waals surface area contributed by atoms with Gasteiger partial charge in [-0.15, -0.1) is 8.96 Å². The molecule has 3 nitrogen and oxygen atoms in total. The minimum absolute atomic E-state index is 0.140. The molecule has 74 valence electrons. The van der Waals surface area contributed by atoms with Gasteiger partial charge in [-0.05, 0) is 38.9 Å². The lowest BCUT2D eigenvalue weighted by Crippen LogP contribution is -2.20. The van der Waals surface area contributed by atoms with Crippen LogP contribution in [0.5, 0.6) is 0 Å². The van der Waals surface area contributed by atoms with Crippen LogP contribution in [0.25, 0.3) is 0 Å². The maximum atomic E-state index is 11.5. The van der Waals surface area contributed by atoms with E-state index in [1.807, 2.05) is 0 Å². The van der Waals surface area contributed by atoms with Gasteiger partial charge in [0, 0.05) is 5.34 Å². The van der Waals surface area contributed by atoms with Crippen LogP contribution < -0.4 is 11.1 Å². The van der Waals surface area contributed by atoms with Gasteiger partial charge in [-0.1, -0.05) is 0 Å². The van der Waals surface area contributed by atoms with E-state index in [0.717, 1.165) is 25.9 Å². The zero-order valence-corrected chi connectivity index (χ0v) is 7.23. The summed E-state index contributed by atoms with van der Waals surface area (Å²) in [5.74, 6) is 0. The Kier molecular flexibility index (Phi) is 8.64. The third-order valence-corrected chi connectivity index (χ3v) is 1.49. The molecule has 0 heterocycles. The van der Waals surface area contributed by atoms with E-state index in [1.165, 1.54) is 0 Å². The van der Waals surface area contributed by atoms with Crippen LogP contribution >= 0.6 is 0 Å². The second-order valence-corrected chi connectivity index (χ2v) is 2.63. The summed E-state index contributed by atoms with van der Waals surface area (Å²) in [6, 6.07) is 0. The Hall–Kier alpha value is -0.260. The highest BCUT2D eigenvalue weighted by Gasteiger charge is 1.96. The Morgan fingerprint density at radius 3 is 2.33 bits per heavy atom.